The molecule has 0 spiro atoms. The molecular weight excluding hydrogens is 599 g/mol. The van der Waals surface area contributed by atoms with Crippen LogP contribution >= 0.6 is 7.14 Å². The fourth-order valence-electron chi connectivity index (χ4n) is 7.54. The van der Waals surface area contributed by atoms with Crippen molar-refractivity contribution in [3.63, 3.8) is 0 Å². The first kappa shape index (κ1) is 28.5. The molecule has 2 heteroatoms. The molecule has 0 saturated heterocycles. The average Bonchev–Trinajstić information content (AvgIpc) is 3.51. The molecule has 0 heterocycles. The fraction of sp³-hybridized carbons (Fsp3) is 0. The summed E-state index contributed by atoms with van der Waals surface area (Å²) >= 11 is 0. The highest BCUT2D eigenvalue weighted by Gasteiger charge is 2.32. The van der Waals surface area contributed by atoms with E-state index in [1.165, 1.54) is 55.3 Å². The van der Waals surface area contributed by atoms with Crippen LogP contribution in [0.4, 0.5) is 0 Å². The van der Waals surface area contributed by atoms with Crippen molar-refractivity contribution in [2.45, 2.75) is 0 Å². The largest absolute Gasteiger partial charge is 0.309 e. The van der Waals surface area contributed by atoms with E-state index in [0.29, 0.717) is 0 Å². The Kier molecular flexibility index (Phi) is 6.82. The van der Waals surface area contributed by atoms with Gasteiger partial charge in [0.2, 0.25) is 0 Å². The van der Waals surface area contributed by atoms with E-state index >= 15 is 4.57 Å². The predicted molar refractivity (Wildman–Crippen MR) is 204 cm³/mol. The van der Waals surface area contributed by atoms with E-state index in [1.54, 1.807) is 0 Å². The van der Waals surface area contributed by atoms with Gasteiger partial charge in [-0.1, -0.05) is 182 Å². The molecule has 1 nitrogen and oxygen atoms in total. The average molecular weight is 631 g/mol. The molecule has 0 N–H and O–H groups in total. The first-order valence-corrected chi connectivity index (χ1v) is 18.1. The van der Waals surface area contributed by atoms with Gasteiger partial charge < -0.3 is 4.57 Å². The van der Waals surface area contributed by atoms with Crippen LogP contribution in [0.25, 0.3) is 66.4 Å². The maximum atomic E-state index is 15.2. The Balaban J connectivity index is 1.33. The maximum Gasteiger partial charge on any atom is 0.171 e. The zero-order valence-electron chi connectivity index (χ0n) is 26.3. The van der Waals surface area contributed by atoms with Gasteiger partial charge in [-0.05, 0) is 72.5 Å². The standard InChI is InChI=1S/C46H31OP/c47-48(36-21-9-3-10-22-36,37-23-11-4-12-24-37)38-29-27-33(28-30-38)41-31-42(32-15-5-1-6-16-32)45-39-25-13-19-34-20-14-26-40(43(34)39)46(45)44(41)35-17-7-2-8-18-35/h1-31H. The van der Waals surface area contributed by atoms with Crippen molar-refractivity contribution >= 4 is 33.8 Å². The summed E-state index contributed by atoms with van der Waals surface area (Å²) in [6.45, 7) is 0. The molecule has 0 unspecified atom stereocenters. The monoisotopic (exact) mass is 630 g/mol. The second-order valence-electron chi connectivity index (χ2n) is 12.4. The molecule has 0 saturated carbocycles. The lowest BCUT2D eigenvalue weighted by Crippen LogP contribution is -2.24. The van der Waals surface area contributed by atoms with Gasteiger partial charge in [-0.2, -0.15) is 0 Å². The predicted octanol–water partition coefficient (Wildman–Crippen LogP) is 11.1. The van der Waals surface area contributed by atoms with E-state index in [-0.39, 0.29) is 0 Å². The van der Waals surface area contributed by atoms with Gasteiger partial charge in [0.05, 0.1) is 0 Å². The van der Waals surface area contributed by atoms with Gasteiger partial charge in [-0.15, -0.1) is 0 Å². The van der Waals surface area contributed by atoms with Crippen LogP contribution in [0.5, 0.6) is 0 Å². The molecule has 1 aliphatic rings. The van der Waals surface area contributed by atoms with E-state index in [9.17, 15) is 0 Å². The van der Waals surface area contributed by atoms with E-state index in [4.69, 9.17) is 0 Å². The second kappa shape index (κ2) is 11.5. The molecule has 226 valence electrons. The molecule has 0 fully saturated rings. The lowest BCUT2D eigenvalue weighted by atomic mass is 9.82. The van der Waals surface area contributed by atoms with Crippen LogP contribution in [0.3, 0.4) is 0 Å². The number of hydrogen-bond donors (Lipinski definition) is 0. The lowest BCUT2D eigenvalue weighted by molar-refractivity contribution is 0.592. The molecule has 8 aromatic rings. The summed E-state index contributed by atoms with van der Waals surface area (Å²) in [6.07, 6.45) is 0. The summed E-state index contributed by atoms with van der Waals surface area (Å²) in [5, 5.41) is 5.06. The van der Waals surface area contributed by atoms with Crippen molar-refractivity contribution < 1.29 is 4.57 Å². The van der Waals surface area contributed by atoms with Gasteiger partial charge in [-0.25, -0.2) is 0 Å². The number of fused-ring (bicyclic) bond motifs is 3. The highest BCUT2D eigenvalue weighted by atomic mass is 31.2. The quantitative estimate of drug-likeness (QED) is 0.167. The Morgan fingerprint density at radius 1 is 0.312 bits per heavy atom. The Labute approximate surface area is 281 Å². The van der Waals surface area contributed by atoms with E-state index < -0.39 is 7.14 Å². The smallest absolute Gasteiger partial charge is 0.171 e. The minimum Gasteiger partial charge on any atom is -0.309 e. The van der Waals surface area contributed by atoms with E-state index in [2.05, 4.69) is 127 Å². The van der Waals surface area contributed by atoms with Gasteiger partial charge in [0, 0.05) is 15.9 Å². The zero-order valence-corrected chi connectivity index (χ0v) is 27.1. The summed E-state index contributed by atoms with van der Waals surface area (Å²) in [7, 11) is -3.10. The third-order valence-corrected chi connectivity index (χ3v) is 12.8. The number of hydrogen-bond acceptors (Lipinski definition) is 1. The topological polar surface area (TPSA) is 17.1 Å². The molecule has 0 amide bonds. The van der Waals surface area contributed by atoms with Crippen LogP contribution in [0, 0.1) is 0 Å². The molecule has 48 heavy (non-hydrogen) atoms. The van der Waals surface area contributed by atoms with Gasteiger partial charge in [0.25, 0.3) is 0 Å². The van der Waals surface area contributed by atoms with Crippen LogP contribution in [0.2, 0.25) is 0 Å². The van der Waals surface area contributed by atoms with Crippen molar-refractivity contribution in [1.29, 1.82) is 0 Å². The molecule has 8 aromatic carbocycles. The molecule has 0 aromatic heterocycles. The molecule has 9 rings (SSSR count). The van der Waals surface area contributed by atoms with Gasteiger partial charge in [-0.3, -0.25) is 0 Å². The Bertz CT molecular complexity index is 2440. The van der Waals surface area contributed by atoms with Crippen molar-refractivity contribution in [2.75, 3.05) is 0 Å². The SMILES string of the molecule is O=P(c1ccccc1)(c1ccccc1)c1ccc(-c2cc(-c3ccccc3)c3c(c2-c2ccccc2)-c2cccc4cccc-3c24)cc1. The Hall–Kier alpha value is -5.75. The highest BCUT2D eigenvalue weighted by Crippen LogP contribution is 2.57. The molecule has 0 aliphatic heterocycles. The summed E-state index contributed by atoms with van der Waals surface area (Å²) < 4.78 is 15.2. The summed E-state index contributed by atoms with van der Waals surface area (Å²) in [4.78, 5) is 0. The maximum absolute atomic E-state index is 15.2. The minimum atomic E-state index is -3.10. The van der Waals surface area contributed by atoms with Crippen LogP contribution in [-0.4, -0.2) is 0 Å². The summed E-state index contributed by atoms with van der Waals surface area (Å²) in [5.41, 5.74) is 12.1. The highest BCUT2D eigenvalue weighted by molar-refractivity contribution is 7.85. The van der Waals surface area contributed by atoms with Crippen molar-refractivity contribution in [3.8, 4) is 55.6 Å². The minimum absolute atomic E-state index is 0.825. The summed E-state index contributed by atoms with van der Waals surface area (Å²) in [6, 6.07) is 65.5. The molecule has 0 atom stereocenters. The van der Waals surface area contributed by atoms with E-state index in [0.717, 1.165) is 27.0 Å². The van der Waals surface area contributed by atoms with Gasteiger partial charge >= 0.3 is 0 Å². The number of rotatable bonds is 6. The molecule has 0 bridgehead atoms. The first-order chi connectivity index (χ1) is 23.7. The van der Waals surface area contributed by atoms with Crippen LogP contribution in [-0.2, 0) is 4.57 Å². The van der Waals surface area contributed by atoms with Gasteiger partial charge in [0.15, 0.2) is 7.14 Å². The molecule has 1 aliphatic carbocycles. The van der Waals surface area contributed by atoms with Crippen molar-refractivity contribution in [1.82, 2.24) is 0 Å². The normalized spacial score (nSPS) is 11.8. The zero-order chi connectivity index (χ0) is 32.1. The Morgan fingerprint density at radius 2 is 0.750 bits per heavy atom. The van der Waals surface area contributed by atoms with Crippen LogP contribution in [0.1, 0.15) is 0 Å². The van der Waals surface area contributed by atoms with Crippen LogP contribution in [0.15, 0.2) is 188 Å². The van der Waals surface area contributed by atoms with E-state index in [1.807, 2.05) is 60.7 Å². The Morgan fingerprint density at radius 3 is 1.31 bits per heavy atom. The first-order valence-electron chi connectivity index (χ1n) is 16.4. The van der Waals surface area contributed by atoms with Crippen molar-refractivity contribution in [2.24, 2.45) is 0 Å². The lowest BCUT2D eigenvalue weighted by Gasteiger charge is -2.22. The van der Waals surface area contributed by atoms with Crippen LogP contribution < -0.4 is 15.9 Å². The third kappa shape index (κ3) is 4.43. The van der Waals surface area contributed by atoms with Gasteiger partial charge in [0.1, 0.15) is 0 Å². The van der Waals surface area contributed by atoms with Crippen molar-refractivity contribution in [3.05, 3.63) is 188 Å². The number of benzene rings is 8. The molecule has 0 radical (unpaired) electrons. The molecular formula is C46H31OP. The summed E-state index contributed by atoms with van der Waals surface area (Å²) in [5.74, 6) is 0. The second-order valence-corrected chi connectivity index (χ2v) is 15.1. The fourth-order valence-corrected chi connectivity index (χ4v) is 10.2. The third-order valence-electron chi connectivity index (χ3n) is 9.70.